The predicted molar refractivity (Wildman–Crippen MR) is 125 cm³/mol. The van der Waals surface area contributed by atoms with Crippen LogP contribution in [0.2, 0.25) is 0 Å². The largest absolute Gasteiger partial charge is 0.373 e. The van der Waals surface area contributed by atoms with Crippen molar-refractivity contribution < 1.29 is 9.53 Å². The monoisotopic (exact) mass is 430 g/mol. The van der Waals surface area contributed by atoms with Gasteiger partial charge in [-0.25, -0.2) is 0 Å². The molecule has 1 amide bonds. The Morgan fingerprint density at radius 2 is 1.88 bits per heavy atom. The van der Waals surface area contributed by atoms with Gasteiger partial charge < -0.3 is 14.5 Å². The summed E-state index contributed by atoms with van der Waals surface area (Å²) in [5.41, 5.74) is 5.64. The molecule has 1 saturated heterocycles. The number of nitrogens with zero attached hydrogens (tertiary/aromatic N) is 4. The standard InChI is InChI=1S/C26H30N4O2/c1-19-16-20(2)30(27-19)18-23-17-28(14-15-32-23)26(31)25(22-9-4-3-5-10-22)29-13-12-21-8-6-7-11-24(21)29/h3-11,16,23,25H,12-15,17-18H2,1-2H3. The molecule has 32 heavy (non-hydrogen) atoms. The van der Waals surface area contributed by atoms with E-state index in [9.17, 15) is 4.79 Å². The van der Waals surface area contributed by atoms with Crippen LogP contribution in [0.25, 0.3) is 0 Å². The van der Waals surface area contributed by atoms with Crippen LogP contribution >= 0.6 is 0 Å². The molecule has 0 radical (unpaired) electrons. The van der Waals surface area contributed by atoms with Crippen molar-refractivity contribution in [2.24, 2.45) is 0 Å². The van der Waals surface area contributed by atoms with Crippen LogP contribution in [-0.4, -0.2) is 52.9 Å². The molecule has 2 unspecified atom stereocenters. The van der Waals surface area contributed by atoms with E-state index in [1.807, 2.05) is 34.7 Å². The van der Waals surface area contributed by atoms with Gasteiger partial charge in [0.05, 0.1) is 24.9 Å². The Labute approximate surface area is 189 Å². The maximum atomic E-state index is 14.0. The summed E-state index contributed by atoms with van der Waals surface area (Å²) in [6, 6.07) is 20.4. The molecular weight excluding hydrogens is 400 g/mol. The van der Waals surface area contributed by atoms with E-state index in [2.05, 4.69) is 59.4 Å². The maximum absolute atomic E-state index is 14.0. The lowest BCUT2D eigenvalue weighted by Gasteiger charge is -2.38. The average molecular weight is 431 g/mol. The summed E-state index contributed by atoms with van der Waals surface area (Å²) in [6.45, 7) is 7.31. The fourth-order valence-electron chi connectivity index (χ4n) is 4.98. The minimum atomic E-state index is -0.327. The minimum Gasteiger partial charge on any atom is -0.373 e. The van der Waals surface area contributed by atoms with Gasteiger partial charge >= 0.3 is 0 Å². The molecular formula is C26H30N4O2. The first-order valence-electron chi connectivity index (χ1n) is 11.4. The molecule has 1 fully saturated rings. The van der Waals surface area contributed by atoms with Crippen LogP contribution in [0.5, 0.6) is 0 Å². The Morgan fingerprint density at radius 3 is 2.66 bits per heavy atom. The van der Waals surface area contributed by atoms with Gasteiger partial charge in [-0.1, -0.05) is 48.5 Å². The molecule has 3 heterocycles. The van der Waals surface area contributed by atoms with E-state index in [4.69, 9.17) is 4.74 Å². The molecule has 0 bridgehead atoms. The van der Waals surface area contributed by atoms with Crippen LogP contribution in [0.4, 0.5) is 5.69 Å². The number of benzene rings is 2. The summed E-state index contributed by atoms with van der Waals surface area (Å²) < 4.78 is 8.01. The van der Waals surface area contributed by atoms with Crippen molar-refractivity contribution in [1.29, 1.82) is 0 Å². The Bertz CT molecular complexity index is 1090. The highest BCUT2D eigenvalue weighted by atomic mass is 16.5. The van der Waals surface area contributed by atoms with Gasteiger partial charge in [-0.15, -0.1) is 0 Å². The number of anilines is 1. The number of aromatic nitrogens is 2. The van der Waals surface area contributed by atoms with Gasteiger partial charge in [0.25, 0.3) is 0 Å². The van der Waals surface area contributed by atoms with Crippen molar-refractivity contribution in [2.45, 2.75) is 39.0 Å². The molecule has 1 aromatic heterocycles. The molecule has 6 nitrogen and oxygen atoms in total. The molecule has 0 aliphatic carbocycles. The minimum absolute atomic E-state index is 0.0620. The molecule has 0 saturated carbocycles. The summed E-state index contributed by atoms with van der Waals surface area (Å²) in [6.07, 6.45) is 0.907. The number of carbonyl (C=O) groups is 1. The second-order valence-electron chi connectivity index (χ2n) is 8.77. The average Bonchev–Trinajstić information content (AvgIpc) is 3.37. The van der Waals surface area contributed by atoms with Crippen molar-refractivity contribution in [2.75, 3.05) is 31.1 Å². The summed E-state index contributed by atoms with van der Waals surface area (Å²) in [7, 11) is 0. The van der Waals surface area contributed by atoms with Gasteiger partial charge in [0.2, 0.25) is 5.91 Å². The summed E-state index contributed by atoms with van der Waals surface area (Å²) in [5.74, 6) is 0.148. The third-order valence-corrected chi connectivity index (χ3v) is 6.51. The molecule has 0 spiro atoms. The smallest absolute Gasteiger partial charge is 0.250 e. The van der Waals surface area contributed by atoms with Gasteiger partial charge in [0.1, 0.15) is 6.04 Å². The number of carbonyl (C=O) groups excluding carboxylic acids is 1. The molecule has 166 valence electrons. The van der Waals surface area contributed by atoms with Gasteiger partial charge in [0, 0.05) is 31.0 Å². The number of hydrogen-bond acceptors (Lipinski definition) is 4. The Morgan fingerprint density at radius 1 is 1.09 bits per heavy atom. The van der Waals surface area contributed by atoms with Crippen LogP contribution in [0.1, 0.15) is 28.6 Å². The molecule has 2 aromatic carbocycles. The number of morpholine rings is 1. The lowest BCUT2D eigenvalue weighted by atomic mass is 10.0. The number of rotatable bonds is 5. The van der Waals surface area contributed by atoms with Crippen molar-refractivity contribution in [1.82, 2.24) is 14.7 Å². The first kappa shape index (κ1) is 20.8. The van der Waals surface area contributed by atoms with Gasteiger partial charge in [-0.2, -0.15) is 5.10 Å². The van der Waals surface area contributed by atoms with Gasteiger partial charge in [-0.05, 0) is 43.5 Å². The molecule has 5 rings (SSSR count). The Kier molecular flexibility index (Phi) is 5.70. The lowest BCUT2D eigenvalue weighted by Crippen LogP contribution is -2.51. The molecule has 2 atom stereocenters. The van der Waals surface area contributed by atoms with Crippen molar-refractivity contribution in [3.63, 3.8) is 0 Å². The molecule has 6 heteroatoms. The highest BCUT2D eigenvalue weighted by Crippen LogP contribution is 2.36. The van der Waals surface area contributed by atoms with E-state index in [-0.39, 0.29) is 18.1 Å². The highest BCUT2D eigenvalue weighted by Gasteiger charge is 2.36. The second kappa shape index (κ2) is 8.79. The van der Waals surface area contributed by atoms with Crippen LogP contribution in [0.15, 0.2) is 60.7 Å². The normalized spacial score (nSPS) is 19.1. The van der Waals surface area contributed by atoms with E-state index >= 15 is 0 Å². The van der Waals surface area contributed by atoms with Crippen LogP contribution in [-0.2, 0) is 22.5 Å². The van der Waals surface area contributed by atoms with Crippen LogP contribution < -0.4 is 4.90 Å². The predicted octanol–water partition coefficient (Wildman–Crippen LogP) is 3.53. The first-order valence-corrected chi connectivity index (χ1v) is 11.4. The molecule has 0 N–H and O–H groups in total. The van der Waals surface area contributed by atoms with Crippen LogP contribution in [0.3, 0.4) is 0 Å². The third kappa shape index (κ3) is 4.02. The lowest BCUT2D eigenvalue weighted by molar-refractivity contribution is -0.141. The number of para-hydroxylation sites is 1. The first-order chi connectivity index (χ1) is 15.6. The van der Waals surface area contributed by atoms with E-state index in [0.717, 1.165) is 29.9 Å². The fraction of sp³-hybridized carbons (Fsp3) is 0.385. The second-order valence-corrected chi connectivity index (χ2v) is 8.77. The van der Waals surface area contributed by atoms with Crippen molar-refractivity contribution in [3.05, 3.63) is 83.2 Å². The maximum Gasteiger partial charge on any atom is 0.250 e. The summed E-state index contributed by atoms with van der Waals surface area (Å²) in [5, 5.41) is 4.57. The zero-order valence-corrected chi connectivity index (χ0v) is 18.8. The topological polar surface area (TPSA) is 50.6 Å². The van der Waals surface area contributed by atoms with Crippen molar-refractivity contribution in [3.8, 4) is 0 Å². The number of ether oxygens (including phenoxy) is 1. The summed E-state index contributed by atoms with van der Waals surface area (Å²) >= 11 is 0. The van der Waals surface area contributed by atoms with Gasteiger partial charge in [-0.3, -0.25) is 9.48 Å². The number of hydrogen-bond donors (Lipinski definition) is 0. The Hall–Kier alpha value is -3.12. The van der Waals surface area contributed by atoms with Gasteiger partial charge in [0.15, 0.2) is 0 Å². The van der Waals surface area contributed by atoms with E-state index in [1.165, 1.54) is 11.3 Å². The number of aryl methyl sites for hydroxylation is 2. The van der Waals surface area contributed by atoms with Crippen molar-refractivity contribution >= 4 is 11.6 Å². The quantitative estimate of drug-likeness (QED) is 0.621. The SMILES string of the molecule is Cc1cc(C)n(CC2CN(C(=O)C(c3ccccc3)N3CCc4ccccc43)CCO2)n1. The molecule has 3 aromatic rings. The molecule has 2 aliphatic heterocycles. The Balaban J connectivity index is 1.39. The number of amides is 1. The van der Waals surface area contributed by atoms with E-state index in [1.54, 1.807) is 0 Å². The van der Waals surface area contributed by atoms with E-state index < -0.39 is 0 Å². The number of fused-ring (bicyclic) bond motifs is 1. The summed E-state index contributed by atoms with van der Waals surface area (Å²) in [4.78, 5) is 18.2. The fourth-order valence-corrected chi connectivity index (χ4v) is 4.98. The zero-order valence-electron chi connectivity index (χ0n) is 18.8. The highest BCUT2D eigenvalue weighted by molar-refractivity contribution is 5.87. The van der Waals surface area contributed by atoms with Crippen LogP contribution in [0, 0.1) is 13.8 Å². The third-order valence-electron chi connectivity index (χ3n) is 6.51. The zero-order chi connectivity index (χ0) is 22.1. The molecule has 2 aliphatic rings. The van der Waals surface area contributed by atoms with E-state index in [0.29, 0.717) is 26.2 Å².